The first-order valence-electron chi connectivity index (χ1n) is 7.27. The summed E-state index contributed by atoms with van der Waals surface area (Å²) in [5.74, 6) is 0. The fourth-order valence-corrected chi connectivity index (χ4v) is 2.90. The standard InChI is InChI=1S/C16H22N4/c1-12-16(13(2)19-18-12)17-15-8-9-20(11-15)10-14-6-4-3-5-7-14/h3-7,15,17H,8-11H2,1-2H3,(H,18,19). The van der Waals surface area contributed by atoms with Gasteiger partial charge in [0.2, 0.25) is 0 Å². The number of H-pyrrole nitrogens is 1. The molecule has 1 unspecified atom stereocenters. The second-order valence-electron chi connectivity index (χ2n) is 5.66. The molecule has 2 N–H and O–H groups in total. The van der Waals surface area contributed by atoms with Crippen molar-refractivity contribution in [2.75, 3.05) is 18.4 Å². The lowest BCUT2D eigenvalue weighted by atomic mass is 10.2. The second-order valence-corrected chi connectivity index (χ2v) is 5.66. The maximum Gasteiger partial charge on any atom is 0.0825 e. The van der Waals surface area contributed by atoms with Crippen molar-refractivity contribution < 1.29 is 0 Å². The monoisotopic (exact) mass is 270 g/mol. The largest absolute Gasteiger partial charge is 0.378 e. The normalized spacial score (nSPS) is 19.4. The maximum atomic E-state index is 4.24. The van der Waals surface area contributed by atoms with Crippen LogP contribution in [-0.2, 0) is 6.54 Å². The Hall–Kier alpha value is -1.81. The van der Waals surface area contributed by atoms with E-state index in [4.69, 9.17) is 0 Å². The highest BCUT2D eigenvalue weighted by atomic mass is 15.2. The summed E-state index contributed by atoms with van der Waals surface area (Å²) < 4.78 is 0. The van der Waals surface area contributed by atoms with Crippen molar-refractivity contribution in [3.8, 4) is 0 Å². The fraction of sp³-hybridized carbons (Fsp3) is 0.438. The van der Waals surface area contributed by atoms with Crippen LogP contribution in [0.1, 0.15) is 23.4 Å². The van der Waals surface area contributed by atoms with Crippen molar-refractivity contribution >= 4 is 5.69 Å². The molecule has 1 saturated heterocycles. The summed E-state index contributed by atoms with van der Waals surface area (Å²) in [6.45, 7) is 7.41. The number of aromatic amines is 1. The third-order valence-corrected chi connectivity index (χ3v) is 4.00. The van der Waals surface area contributed by atoms with Crippen molar-refractivity contribution in [2.24, 2.45) is 0 Å². The van der Waals surface area contributed by atoms with Gasteiger partial charge in [0.15, 0.2) is 0 Å². The van der Waals surface area contributed by atoms with Gasteiger partial charge in [0.1, 0.15) is 0 Å². The molecule has 0 spiro atoms. The molecule has 0 radical (unpaired) electrons. The van der Waals surface area contributed by atoms with Gasteiger partial charge in [-0.3, -0.25) is 10.00 Å². The first-order valence-corrected chi connectivity index (χ1v) is 7.27. The second kappa shape index (κ2) is 5.67. The molecule has 1 atom stereocenters. The number of likely N-dealkylation sites (tertiary alicyclic amines) is 1. The highest BCUT2D eigenvalue weighted by Gasteiger charge is 2.23. The van der Waals surface area contributed by atoms with Crippen LogP contribution in [0.5, 0.6) is 0 Å². The van der Waals surface area contributed by atoms with Crippen LogP contribution < -0.4 is 5.32 Å². The zero-order chi connectivity index (χ0) is 13.9. The lowest BCUT2D eigenvalue weighted by Gasteiger charge is -2.17. The van der Waals surface area contributed by atoms with Gasteiger partial charge in [-0.2, -0.15) is 5.10 Å². The number of hydrogen-bond acceptors (Lipinski definition) is 3. The van der Waals surface area contributed by atoms with Crippen molar-refractivity contribution in [1.29, 1.82) is 0 Å². The van der Waals surface area contributed by atoms with Gasteiger partial charge < -0.3 is 5.32 Å². The van der Waals surface area contributed by atoms with Crippen LogP contribution in [0, 0.1) is 13.8 Å². The lowest BCUT2D eigenvalue weighted by molar-refractivity contribution is 0.328. The quantitative estimate of drug-likeness (QED) is 0.898. The van der Waals surface area contributed by atoms with Crippen molar-refractivity contribution in [3.05, 3.63) is 47.3 Å². The van der Waals surface area contributed by atoms with Crippen LogP contribution in [0.2, 0.25) is 0 Å². The van der Waals surface area contributed by atoms with E-state index in [-0.39, 0.29) is 0 Å². The molecular formula is C16H22N4. The summed E-state index contributed by atoms with van der Waals surface area (Å²) in [5, 5.41) is 10.9. The van der Waals surface area contributed by atoms with E-state index < -0.39 is 0 Å². The minimum absolute atomic E-state index is 0.522. The van der Waals surface area contributed by atoms with Gasteiger partial charge in [-0.05, 0) is 25.8 Å². The minimum Gasteiger partial charge on any atom is -0.378 e. The van der Waals surface area contributed by atoms with Crippen LogP contribution in [0.25, 0.3) is 0 Å². The van der Waals surface area contributed by atoms with E-state index in [0.717, 1.165) is 31.0 Å². The Kier molecular flexibility index (Phi) is 3.74. The third kappa shape index (κ3) is 2.85. The summed E-state index contributed by atoms with van der Waals surface area (Å²) >= 11 is 0. The number of rotatable bonds is 4. The smallest absolute Gasteiger partial charge is 0.0825 e. The lowest BCUT2D eigenvalue weighted by Crippen LogP contribution is -2.26. The van der Waals surface area contributed by atoms with Crippen LogP contribution in [0.4, 0.5) is 5.69 Å². The van der Waals surface area contributed by atoms with E-state index in [1.165, 1.54) is 17.7 Å². The van der Waals surface area contributed by atoms with Gasteiger partial charge >= 0.3 is 0 Å². The number of nitrogens with one attached hydrogen (secondary N) is 2. The molecule has 1 aromatic carbocycles. The molecule has 0 amide bonds. The molecule has 1 aliphatic heterocycles. The Morgan fingerprint density at radius 1 is 1.30 bits per heavy atom. The molecule has 1 fully saturated rings. The summed E-state index contributed by atoms with van der Waals surface area (Å²) in [4.78, 5) is 2.51. The number of benzene rings is 1. The predicted molar refractivity (Wildman–Crippen MR) is 81.8 cm³/mol. The molecule has 1 aliphatic rings. The average molecular weight is 270 g/mol. The fourth-order valence-electron chi connectivity index (χ4n) is 2.90. The average Bonchev–Trinajstić information content (AvgIpc) is 3.02. The number of aromatic nitrogens is 2. The van der Waals surface area contributed by atoms with Crippen LogP contribution >= 0.6 is 0 Å². The highest BCUT2D eigenvalue weighted by molar-refractivity contribution is 5.52. The van der Waals surface area contributed by atoms with Crippen LogP contribution in [0.15, 0.2) is 30.3 Å². The summed E-state index contributed by atoms with van der Waals surface area (Å²) in [6.07, 6.45) is 1.19. The van der Waals surface area contributed by atoms with E-state index in [2.05, 4.69) is 57.7 Å². The van der Waals surface area contributed by atoms with E-state index in [0.29, 0.717) is 6.04 Å². The molecule has 2 heterocycles. The minimum atomic E-state index is 0.522. The molecule has 4 nitrogen and oxygen atoms in total. The molecule has 20 heavy (non-hydrogen) atoms. The SMILES string of the molecule is Cc1n[nH]c(C)c1NC1CCN(Cc2ccccc2)C1. The molecule has 4 heteroatoms. The molecule has 0 saturated carbocycles. The Morgan fingerprint density at radius 2 is 2.10 bits per heavy atom. The van der Waals surface area contributed by atoms with Gasteiger partial charge in [-0.15, -0.1) is 0 Å². The van der Waals surface area contributed by atoms with Gasteiger partial charge in [-0.25, -0.2) is 0 Å². The molecule has 1 aromatic heterocycles. The topological polar surface area (TPSA) is 44.0 Å². The first-order chi connectivity index (χ1) is 9.72. The summed E-state index contributed by atoms with van der Waals surface area (Å²) in [5.41, 5.74) is 4.76. The first kappa shape index (κ1) is 13.2. The van der Waals surface area contributed by atoms with Gasteiger partial charge in [0.05, 0.1) is 17.1 Å². The van der Waals surface area contributed by atoms with Crippen molar-refractivity contribution in [1.82, 2.24) is 15.1 Å². The summed E-state index contributed by atoms with van der Waals surface area (Å²) in [6, 6.07) is 11.2. The van der Waals surface area contributed by atoms with Crippen molar-refractivity contribution in [3.63, 3.8) is 0 Å². The third-order valence-electron chi connectivity index (χ3n) is 4.00. The van der Waals surface area contributed by atoms with E-state index in [1.54, 1.807) is 0 Å². The Balaban J connectivity index is 1.57. The zero-order valence-electron chi connectivity index (χ0n) is 12.2. The number of hydrogen-bond donors (Lipinski definition) is 2. The highest BCUT2D eigenvalue weighted by Crippen LogP contribution is 2.21. The van der Waals surface area contributed by atoms with Gasteiger partial charge in [0.25, 0.3) is 0 Å². The van der Waals surface area contributed by atoms with Crippen molar-refractivity contribution in [2.45, 2.75) is 32.9 Å². The Labute approximate surface area is 120 Å². The number of anilines is 1. The van der Waals surface area contributed by atoms with Crippen LogP contribution in [-0.4, -0.2) is 34.2 Å². The molecule has 2 aromatic rings. The maximum absolute atomic E-state index is 4.24. The van der Waals surface area contributed by atoms with E-state index >= 15 is 0 Å². The molecule has 106 valence electrons. The molecule has 0 bridgehead atoms. The molecular weight excluding hydrogens is 248 g/mol. The number of aryl methyl sites for hydroxylation is 2. The number of nitrogens with zero attached hydrogens (tertiary/aromatic N) is 2. The van der Waals surface area contributed by atoms with Crippen LogP contribution in [0.3, 0.4) is 0 Å². The Morgan fingerprint density at radius 3 is 2.80 bits per heavy atom. The van der Waals surface area contributed by atoms with E-state index in [9.17, 15) is 0 Å². The Bertz CT molecular complexity index is 542. The summed E-state index contributed by atoms with van der Waals surface area (Å²) in [7, 11) is 0. The molecule has 0 aliphatic carbocycles. The molecule has 3 rings (SSSR count). The predicted octanol–water partition coefficient (Wildman–Crippen LogP) is 2.71. The van der Waals surface area contributed by atoms with E-state index in [1.807, 2.05) is 6.92 Å². The van der Waals surface area contributed by atoms with Gasteiger partial charge in [-0.1, -0.05) is 30.3 Å². The van der Waals surface area contributed by atoms with Gasteiger partial charge in [0, 0.05) is 25.7 Å². The zero-order valence-corrected chi connectivity index (χ0v) is 12.2.